The number of piperidine rings is 1. The third kappa shape index (κ3) is 3.60. The van der Waals surface area contributed by atoms with Gasteiger partial charge < -0.3 is 10.1 Å². The second-order valence-corrected chi connectivity index (χ2v) is 5.55. The molecular weight excluding hydrogens is 325 g/mol. The topological polar surface area (TPSA) is 34.1 Å². The lowest BCUT2D eigenvalue weighted by Crippen LogP contribution is -2.43. The number of hydrogen-bond donors (Lipinski definition) is 1. The molecule has 106 valence electrons. The van der Waals surface area contributed by atoms with Crippen LogP contribution in [0.15, 0.2) is 16.7 Å². The summed E-state index contributed by atoms with van der Waals surface area (Å²) in [5, 5.41) is 3.11. The quantitative estimate of drug-likeness (QED) is 0.898. The number of hydrogen-bond acceptors (Lipinski definition) is 3. The molecule has 2 heterocycles. The van der Waals surface area contributed by atoms with Gasteiger partial charge in [-0.05, 0) is 40.9 Å². The molecule has 0 bridgehead atoms. The predicted octanol–water partition coefficient (Wildman–Crippen LogP) is 3.24. The fourth-order valence-electron chi connectivity index (χ4n) is 1.99. The number of nitrogens with zero attached hydrogens (tertiary/aromatic N) is 1. The summed E-state index contributed by atoms with van der Waals surface area (Å²) >= 11 is 3.00. The van der Waals surface area contributed by atoms with E-state index < -0.39 is 11.7 Å². The summed E-state index contributed by atoms with van der Waals surface area (Å²) in [6.07, 6.45) is -2.57. The Morgan fingerprint density at radius 3 is 2.84 bits per heavy atom. The molecule has 2 unspecified atom stereocenters. The van der Waals surface area contributed by atoms with Crippen molar-refractivity contribution in [3.8, 4) is 5.88 Å². The maximum absolute atomic E-state index is 12.9. The minimum atomic E-state index is -4.47. The van der Waals surface area contributed by atoms with Crippen molar-refractivity contribution in [2.45, 2.75) is 25.6 Å². The van der Waals surface area contributed by atoms with Gasteiger partial charge in [0.05, 0.1) is 0 Å². The molecule has 0 amide bonds. The van der Waals surface area contributed by atoms with Crippen LogP contribution in [0.25, 0.3) is 0 Å². The van der Waals surface area contributed by atoms with Crippen LogP contribution < -0.4 is 10.1 Å². The Kier molecular flexibility index (Phi) is 4.35. The van der Waals surface area contributed by atoms with Gasteiger partial charge in [0.25, 0.3) is 0 Å². The molecule has 0 aliphatic carbocycles. The first-order valence-electron chi connectivity index (χ1n) is 5.98. The van der Waals surface area contributed by atoms with Gasteiger partial charge in [-0.2, -0.15) is 13.2 Å². The standard InChI is InChI=1S/C12H14BrF3N2O/c1-7-2-3-17-6-10(7)19-11-9(12(14,15)16)4-8(13)5-18-11/h4-5,7,10,17H,2-3,6H2,1H3. The molecule has 1 saturated heterocycles. The molecule has 1 fully saturated rings. The van der Waals surface area contributed by atoms with Crippen molar-refractivity contribution in [2.24, 2.45) is 5.92 Å². The number of ether oxygens (including phenoxy) is 1. The van der Waals surface area contributed by atoms with E-state index in [1.54, 1.807) is 0 Å². The lowest BCUT2D eigenvalue weighted by Gasteiger charge is -2.30. The third-order valence-electron chi connectivity index (χ3n) is 3.14. The summed E-state index contributed by atoms with van der Waals surface area (Å²) in [7, 11) is 0. The van der Waals surface area contributed by atoms with Crippen molar-refractivity contribution in [2.75, 3.05) is 13.1 Å². The van der Waals surface area contributed by atoms with E-state index in [0.717, 1.165) is 19.0 Å². The normalized spacial score (nSPS) is 24.3. The average molecular weight is 339 g/mol. The van der Waals surface area contributed by atoms with Crippen LogP contribution in [-0.2, 0) is 6.18 Å². The van der Waals surface area contributed by atoms with Crippen molar-refractivity contribution >= 4 is 15.9 Å². The van der Waals surface area contributed by atoms with E-state index in [0.29, 0.717) is 6.54 Å². The number of halogens is 4. The van der Waals surface area contributed by atoms with Crippen molar-refractivity contribution in [1.29, 1.82) is 0 Å². The van der Waals surface area contributed by atoms with Crippen LogP contribution in [0.4, 0.5) is 13.2 Å². The van der Waals surface area contributed by atoms with Gasteiger partial charge in [-0.25, -0.2) is 4.98 Å². The Morgan fingerprint density at radius 2 is 2.21 bits per heavy atom. The Bertz CT molecular complexity index is 453. The van der Waals surface area contributed by atoms with Crippen molar-refractivity contribution < 1.29 is 17.9 Å². The number of alkyl halides is 3. The highest BCUT2D eigenvalue weighted by Crippen LogP contribution is 2.37. The molecule has 0 radical (unpaired) electrons. The highest BCUT2D eigenvalue weighted by atomic mass is 79.9. The highest BCUT2D eigenvalue weighted by molar-refractivity contribution is 9.10. The fourth-order valence-corrected chi connectivity index (χ4v) is 2.32. The van der Waals surface area contributed by atoms with Gasteiger partial charge in [0.2, 0.25) is 5.88 Å². The molecule has 1 aliphatic heterocycles. The van der Waals surface area contributed by atoms with Crippen LogP contribution in [0.3, 0.4) is 0 Å². The molecule has 19 heavy (non-hydrogen) atoms. The number of nitrogens with one attached hydrogen (secondary N) is 1. The van der Waals surface area contributed by atoms with Crippen molar-refractivity contribution in [1.82, 2.24) is 10.3 Å². The molecule has 1 N–H and O–H groups in total. The van der Waals surface area contributed by atoms with Gasteiger partial charge in [-0.3, -0.25) is 0 Å². The lowest BCUT2D eigenvalue weighted by atomic mass is 9.97. The van der Waals surface area contributed by atoms with E-state index in [4.69, 9.17) is 4.74 Å². The smallest absolute Gasteiger partial charge is 0.421 e. The zero-order valence-corrected chi connectivity index (χ0v) is 11.9. The first kappa shape index (κ1) is 14.6. The molecule has 1 aromatic rings. The zero-order valence-electron chi connectivity index (χ0n) is 10.3. The first-order chi connectivity index (χ1) is 8.88. The Labute approximate surface area is 117 Å². The molecule has 1 aliphatic rings. The Balaban J connectivity index is 2.24. The highest BCUT2D eigenvalue weighted by Gasteiger charge is 2.37. The molecular formula is C12H14BrF3N2O. The van der Waals surface area contributed by atoms with Crippen molar-refractivity contribution in [3.05, 3.63) is 22.3 Å². The molecule has 2 rings (SSSR count). The van der Waals surface area contributed by atoms with E-state index in [1.165, 1.54) is 6.20 Å². The molecule has 3 nitrogen and oxygen atoms in total. The van der Waals surface area contributed by atoms with Crippen LogP contribution in [0.2, 0.25) is 0 Å². The number of pyridine rings is 1. The minimum absolute atomic E-state index is 0.202. The summed E-state index contributed by atoms with van der Waals surface area (Å²) in [4.78, 5) is 3.76. The molecule has 1 aromatic heterocycles. The summed E-state index contributed by atoms with van der Waals surface area (Å²) in [6.45, 7) is 3.37. The second-order valence-electron chi connectivity index (χ2n) is 4.63. The van der Waals surface area contributed by atoms with E-state index in [2.05, 4.69) is 26.2 Å². The summed E-state index contributed by atoms with van der Waals surface area (Å²) in [6, 6.07) is 0.989. The molecule has 7 heteroatoms. The minimum Gasteiger partial charge on any atom is -0.472 e. The third-order valence-corrected chi connectivity index (χ3v) is 3.58. The van der Waals surface area contributed by atoms with Crippen LogP contribution in [-0.4, -0.2) is 24.2 Å². The monoisotopic (exact) mass is 338 g/mol. The Hall–Kier alpha value is -0.820. The van der Waals surface area contributed by atoms with Gasteiger partial charge in [0.1, 0.15) is 11.7 Å². The molecule has 0 spiro atoms. The van der Waals surface area contributed by atoms with E-state index in [1.807, 2.05) is 6.92 Å². The number of aromatic nitrogens is 1. The summed E-state index contributed by atoms with van der Waals surface area (Å²) < 4.78 is 44.5. The summed E-state index contributed by atoms with van der Waals surface area (Å²) in [5.41, 5.74) is -0.848. The maximum Gasteiger partial charge on any atom is 0.421 e. The molecule has 2 atom stereocenters. The lowest BCUT2D eigenvalue weighted by molar-refractivity contribution is -0.140. The second kappa shape index (κ2) is 5.66. The van der Waals surface area contributed by atoms with Gasteiger partial charge in [-0.15, -0.1) is 0 Å². The van der Waals surface area contributed by atoms with Gasteiger partial charge >= 0.3 is 6.18 Å². The number of rotatable bonds is 2. The largest absolute Gasteiger partial charge is 0.472 e. The van der Waals surface area contributed by atoms with Crippen LogP contribution in [0, 0.1) is 5.92 Å². The zero-order chi connectivity index (χ0) is 14.0. The van der Waals surface area contributed by atoms with Gasteiger partial charge in [0.15, 0.2) is 0 Å². The SMILES string of the molecule is CC1CCNCC1Oc1ncc(Br)cc1C(F)(F)F. The van der Waals surface area contributed by atoms with Gasteiger partial charge in [-0.1, -0.05) is 6.92 Å². The van der Waals surface area contributed by atoms with E-state index in [-0.39, 0.29) is 22.4 Å². The fraction of sp³-hybridized carbons (Fsp3) is 0.583. The van der Waals surface area contributed by atoms with Crippen LogP contribution >= 0.6 is 15.9 Å². The average Bonchev–Trinajstić information content (AvgIpc) is 2.33. The first-order valence-corrected chi connectivity index (χ1v) is 6.77. The van der Waals surface area contributed by atoms with Crippen LogP contribution in [0.1, 0.15) is 18.9 Å². The van der Waals surface area contributed by atoms with E-state index in [9.17, 15) is 13.2 Å². The molecule has 0 saturated carbocycles. The Morgan fingerprint density at radius 1 is 1.47 bits per heavy atom. The van der Waals surface area contributed by atoms with E-state index >= 15 is 0 Å². The predicted molar refractivity (Wildman–Crippen MR) is 68.0 cm³/mol. The van der Waals surface area contributed by atoms with Crippen molar-refractivity contribution in [3.63, 3.8) is 0 Å². The van der Waals surface area contributed by atoms with Crippen LogP contribution in [0.5, 0.6) is 5.88 Å². The maximum atomic E-state index is 12.9. The molecule has 0 aromatic carbocycles. The van der Waals surface area contributed by atoms with Gasteiger partial charge in [0, 0.05) is 17.2 Å². The summed E-state index contributed by atoms with van der Waals surface area (Å²) in [5.74, 6) is -0.149.